The number of hydrogen-bond acceptors (Lipinski definition) is 4. The van der Waals surface area contributed by atoms with Gasteiger partial charge in [0, 0.05) is 10.7 Å². The van der Waals surface area contributed by atoms with Crippen molar-refractivity contribution in [2.24, 2.45) is 0 Å². The third kappa shape index (κ3) is 4.41. The summed E-state index contributed by atoms with van der Waals surface area (Å²) in [5.74, 6) is 0.690. The van der Waals surface area contributed by atoms with E-state index in [9.17, 15) is 9.59 Å². The van der Waals surface area contributed by atoms with Crippen molar-refractivity contribution in [3.63, 3.8) is 0 Å². The Balaban J connectivity index is 1.64. The van der Waals surface area contributed by atoms with Gasteiger partial charge in [0.05, 0.1) is 21.9 Å². The van der Waals surface area contributed by atoms with Gasteiger partial charge in [-0.3, -0.25) is 9.59 Å². The molecule has 1 atom stereocenters. The Morgan fingerprint density at radius 3 is 2.72 bits per heavy atom. The highest BCUT2D eigenvalue weighted by Crippen LogP contribution is 2.25. The molecule has 1 heterocycles. The maximum atomic E-state index is 12.1. The Morgan fingerprint density at radius 2 is 1.96 bits per heavy atom. The van der Waals surface area contributed by atoms with E-state index in [4.69, 9.17) is 11.6 Å². The molecule has 0 aliphatic heterocycles. The third-order valence-electron chi connectivity index (χ3n) is 3.61. The standard InChI is InChI=1S/C18H16ClN3O2S/c1-11(17-21-15-5-3-2-4-14(15)18(24)22-17)25-10-16(23)20-13-8-6-12(19)7-9-13/h2-9,11H,10H2,1H3,(H,20,23)(H,21,22,24). The highest BCUT2D eigenvalue weighted by molar-refractivity contribution is 8.00. The highest BCUT2D eigenvalue weighted by Gasteiger charge is 2.13. The van der Waals surface area contributed by atoms with E-state index in [1.807, 2.05) is 13.0 Å². The van der Waals surface area contributed by atoms with Crippen molar-refractivity contribution in [1.82, 2.24) is 9.97 Å². The Labute approximate surface area is 153 Å². The SMILES string of the molecule is CC(SCC(=O)Nc1ccc(Cl)cc1)c1nc2ccccc2c(=O)[nH]1. The molecule has 3 aromatic rings. The van der Waals surface area contributed by atoms with Crippen molar-refractivity contribution < 1.29 is 4.79 Å². The lowest BCUT2D eigenvalue weighted by Crippen LogP contribution is -2.16. The zero-order chi connectivity index (χ0) is 17.8. The number of fused-ring (bicyclic) bond motifs is 1. The lowest BCUT2D eigenvalue weighted by atomic mass is 10.2. The molecule has 0 saturated heterocycles. The van der Waals surface area contributed by atoms with Crippen LogP contribution in [0.3, 0.4) is 0 Å². The van der Waals surface area contributed by atoms with Crippen LogP contribution in [0.1, 0.15) is 18.0 Å². The summed E-state index contributed by atoms with van der Waals surface area (Å²) in [6.45, 7) is 1.91. The van der Waals surface area contributed by atoms with E-state index >= 15 is 0 Å². The second-order valence-electron chi connectivity index (χ2n) is 5.48. The zero-order valence-electron chi connectivity index (χ0n) is 13.5. The molecule has 0 spiro atoms. The first-order valence-electron chi connectivity index (χ1n) is 7.69. The molecule has 0 fully saturated rings. The van der Waals surface area contributed by atoms with Gasteiger partial charge >= 0.3 is 0 Å². The smallest absolute Gasteiger partial charge is 0.258 e. The molecule has 0 aliphatic carbocycles. The van der Waals surface area contributed by atoms with Crippen molar-refractivity contribution in [2.45, 2.75) is 12.2 Å². The van der Waals surface area contributed by atoms with Crippen molar-refractivity contribution in [3.8, 4) is 0 Å². The largest absolute Gasteiger partial charge is 0.325 e. The van der Waals surface area contributed by atoms with Crippen LogP contribution in [-0.4, -0.2) is 21.6 Å². The minimum absolute atomic E-state index is 0.117. The summed E-state index contributed by atoms with van der Waals surface area (Å²) in [6.07, 6.45) is 0. The molecule has 3 rings (SSSR count). The van der Waals surface area contributed by atoms with Gasteiger partial charge in [-0.1, -0.05) is 23.7 Å². The summed E-state index contributed by atoms with van der Waals surface area (Å²) < 4.78 is 0. The predicted molar refractivity (Wildman–Crippen MR) is 103 cm³/mol. The number of nitrogens with one attached hydrogen (secondary N) is 2. The molecule has 2 aromatic carbocycles. The van der Waals surface area contributed by atoms with Crippen LogP contribution in [0, 0.1) is 0 Å². The van der Waals surface area contributed by atoms with Crippen LogP contribution >= 0.6 is 23.4 Å². The lowest BCUT2D eigenvalue weighted by molar-refractivity contribution is -0.113. The number of nitrogens with zero attached hydrogens (tertiary/aromatic N) is 1. The van der Waals surface area contributed by atoms with E-state index in [0.717, 1.165) is 0 Å². The normalized spacial score (nSPS) is 12.1. The number of hydrogen-bond donors (Lipinski definition) is 2. The summed E-state index contributed by atoms with van der Waals surface area (Å²) in [5.41, 5.74) is 1.18. The van der Waals surface area contributed by atoms with E-state index in [-0.39, 0.29) is 22.5 Å². The summed E-state index contributed by atoms with van der Waals surface area (Å²) in [5, 5.41) is 3.87. The summed E-state index contributed by atoms with van der Waals surface area (Å²) in [7, 11) is 0. The van der Waals surface area contributed by atoms with Crippen LogP contribution < -0.4 is 10.9 Å². The lowest BCUT2D eigenvalue weighted by Gasteiger charge is -2.11. The van der Waals surface area contributed by atoms with Gasteiger partial charge in [-0.15, -0.1) is 11.8 Å². The number of carbonyl (C=O) groups excluding carboxylic acids is 1. The van der Waals surface area contributed by atoms with Gasteiger partial charge in [-0.05, 0) is 43.3 Å². The molecule has 1 aromatic heterocycles. The molecule has 1 unspecified atom stereocenters. The van der Waals surface area contributed by atoms with E-state index in [2.05, 4.69) is 15.3 Å². The minimum atomic E-state index is -0.168. The molecule has 25 heavy (non-hydrogen) atoms. The second kappa shape index (κ2) is 7.72. The van der Waals surface area contributed by atoms with Gasteiger partial charge in [0.25, 0.3) is 5.56 Å². The van der Waals surface area contributed by atoms with Crippen molar-refractivity contribution >= 4 is 45.9 Å². The van der Waals surface area contributed by atoms with Crippen LogP contribution in [0.2, 0.25) is 5.02 Å². The maximum absolute atomic E-state index is 12.1. The van der Waals surface area contributed by atoms with Crippen molar-refractivity contribution in [2.75, 3.05) is 11.1 Å². The maximum Gasteiger partial charge on any atom is 0.258 e. The number of aromatic amines is 1. The summed E-state index contributed by atoms with van der Waals surface area (Å²) in [6, 6.07) is 14.1. The molecular formula is C18H16ClN3O2S. The predicted octanol–water partition coefficient (Wildman–Crippen LogP) is 4.01. The number of anilines is 1. The van der Waals surface area contributed by atoms with E-state index in [1.165, 1.54) is 11.8 Å². The number of H-pyrrole nitrogens is 1. The van der Waals surface area contributed by atoms with Gasteiger partial charge in [-0.25, -0.2) is 4.98 Å². The third-order valence-corrected chi connectivity index (χ3v) is 5.01. The number of aromatic nitrogens is 2. The van der Waals surface area contributed by atoms with Crippen LogP contribution in [-0.2, 0) is 4.79 Å². The van der Waals surface area contributed by atoms with E-state index in [1.54, 1.807) is 42.5 Å². The van der Waals surface area contributed by atoms with Gasteiger partial charge in [0.15, 0.2) is 0 Å². The van der Waals surface area contributed by atoms with Gasteiger partial charge in [-0.2, -0.15) is 0 Å². The van der Waals surface area contributed by atoms with Crippen LogP contribution in [0.15, 0.2) is 53.3 Å². The number of carbonyl (C=O) groups is 1. The van der Waals surface area contributed by atoms with Crippen LogP contribution in [0.4, 0.5) is 5.69 Å². The molecule has 0 aliphatic rings. The van der Waals surface area contributed by atoms with Crippen molar-refractivity contribution in [3.05, 3.63) is 69.7 Å². The highest BCUT2D eigenvalue weighted by atomic mass is 35.5. The average molecular weight is 374 g/mol. The van der Waals surface area contributed by atoms with E-state index < -0.39 is 0 Å². The Hall–Kier alpha value is -2.31. The number of rotatable bonds is 5. The number of halogens is 1. The monoisotopic (exact) mass is 373 g/mol. The molecular weight excluding hydrogens is 358 g/mol. The molecule has 2 N–H and O–H groups in total. The Bertz CT molecular complexity index is 956. The first-order chi connectivity index (χ1) is 12.0. The summed E-state index contributed by atoms with van der Waals surface area (Å²) in [4.78, 5) is 31.5. The Kier molecular flexibility index (Phi) is 5.40. The molecule has 0 bridgehead atoms. The van der Waals surface area contributed by atoms with Gasteiger partial charge < -0.3 is 10.3 Å². The quantitative estimate of drug-likeness (QED) is 0.708. The first-order valence-corrected chi connectivity index (χ1v) is 9.11. The molecule has 1 amide bonds. The number of benzene rings is 2. The molecule has 0 saturated carbocycles. The molecule has 7 heteroatoms. The molecule has 5 nitrogen and oxygen atoms in total. The second-order valence-corrected chi connectivity index (χ2v) is 7.24. The van der Waals surface area contributed by atoms with Crippen molar-refractivity contribution in [1.29, 1.82) is 0 Å². The first kappa shape index (κ1) is 17.5. The fourth-order valence-electron chi connectivity index (χ4n) is 2.31. The fourth-order valence-corrected chi connectivity index (χ4v) is 3.18. The zero-order valence-corrected chi connectivity index (χ0v) is 15.0. The fraction of sp³-hybridized carbons (Fsp3) is 0.167. The number of amides is 1. The average Bonchev–Trinajstić information content (AvgIpc) is 2.61. The van der Waals surface area contributed by atoms with Crippen LogP contribution in [0.25, 0.3) is 10.9 Å². The van der Waals surface area contributed by atoms with Gasteiger partial charge in [0.1, 0.15) is 5.82 Å². The van der Waals surface area contributed by atoms with Gasteiger partial charge in [0.2, 0.25) is 5.91 Å². The topological polar surface area (TPSA) is 74.8 Å². The number of thioether (sulfide) groups is 1. The van der Waals surface area contributed by atoms with Crippen LogP contribution in [0.5, 0.6) is 0 Å². The van der Waals surface area contributed by atoms with E-state index in [0.29, 0.717) is 27.4 Å². The number of para-hydroxylation sites is 1. The molecule has 128 valence electrons. The summed E-state index contributed by atoms with van der Waals surface area (Å²) >= 11 is 7.23. The molecule has 0 radical (unpaired) electrons. The minimum Gasteiger partial charge on any atom is -0.325 e. The Morgan fingerprint density at radius 1 is 1.24 bits per heavy atom.